The Labute approximate surface area is 603 Å². The molecule has 5 unspecified atom stereocenters. The fourth-order valence-electron chi connectivity index (χ4n) is 9.04. The summed E-state index contributed by atoms with van der Waals surface area (Å²) in [5.74, 6) is -2.41. The molecule has 0 fully saturated rings. The van der Waals surface area contributed by atoms with E-state index in [2.05, 4.69) is 174 Å². The zero-order chi connectivity index (χ0) is 73.2. The molecule has 100 heavy (non-hydrogen) atoms. The minimum atomic E-state index is -5.01. The molecule has 0 saturated carbocycles. The number of phosphoric acid groups is 2. The quantitative estimate of drug-likeness (QED) is 0.0169. The van der Waals surface area contributed by atoms with E-state index < -0.39 is 97.5 Å². The topological polar surface area (TPSA) is 237 Å². The molecule has 0 aliphatic heterocycles. The van der Waals surface area contributed by atoms with E-state index in [-0.39, 0.29) is 25.7 Å². The van der Waals surface area contributed by atoms with Gasteiger partial charge in [-0.3, -0.25) is 37.3 Å². The van der Waals surface area contributed by atoms with Crippen molar-refractivity contribution in [1.82, 2.24) is 0 Å². The third-order valence-corrected chi connectivity index (χ3v) is 16.5. The lowest BCUT2D eigenvalue weighted by Crippen LogP contribution is -2.30. The molecule has 0 rings (SSSR count). The van der Waals surface area contributed by atoms with E-state index in [0.29, 0.717) is 25.7 Å². The lowest BCUT2D eigenvalue weighted by atomic mass is 10.1. The van der Waals surface area contributed by atoms with Crippen LogP contribution >= 0.6 is 15.6 Å². The first-order valence-corrected chi connectivity index (χ1v) is 40.4. The summed E-state index contributed by atoms with van der Waals surface area (Å²) in [6.07, 6.45) is 83.8. The maximum absolute atomic E-state index is 13.1. The van der Waals surface area contributed by atoms with Crippen LogP contribution < -0.4 is 0 Å². The van der Waals surface area contributed by atoms with Crippen LogP contribution in [0.25, 0.3) is 0 Å². The smallest absolute Gasteiger partial charge is 0.462 e. The number of phosphoric ester groups is 2. The molecule has 0 radical (unpaired) electrons. The molecule has 17 nitrogen and oxygen atoms in total. The number of rotatable bonds is 68. The fourth-order valence-corrected chi connectivity index (χ4v) is 10.6. The van der Waals surface area contributed by atoms with Crippen LogP contribution in [0.3, 0.4) is 0 Å². The molecule has 0 saturated heterocycles. The third kappa shape index (κ3) is 70.8. The molecule has 0 amide bonds. The van der Waals surface area contributed by atoms with Crippen LogP contribution in [0.5, 0.6) is 0 Å². The van der Waals surface area contributed by atoms with Crippen LogP contribution in [0.15, 0.2) is 170 Å². The van der Waals surface area contributed by atoms with Gasteiger partial charge in [-0.25, -0.2) is 9.13 Å². The fraction of sp³-hybridized carbons (Fsp3) is 0.605. The molecular formula is C81H130O17P2. The van der Waals surface area contributed by atoms with E-state index in [1.165, 1.54) is 0 Å². The molecule has 0 aliphatic rings. The summed E-state index contributed by atoms with van der Waals surface area (Å²) in [6.45, 7) is 4.29. The number of carbonyl (C=O) groups excluding carboxylic acids is 4. The van der Waals surface area contributed by atoms with Gasteiger partial charge in [0.1, 0.15) is 19.3 Å². The lowest BCUT2D eigenvalue weighted by Gasteiger charge is -2.21. The summed E-state index contributed by atoms with van der Waals surface area (Å²) in [7, 11) is -10.0. The largest absolute Gasteiger partial charge is 0.472 e. The number of aliphatic hydroxyl groups excluding tert-OH is 1. The van der Waals surface area contributed by atoms with Crippen molar-refractivity contribution in [1.29, 1.82) is 0 Å². The van der Waals surface area contributed by atoms with E-state index >= 15 is 0 Å². The van der Waals surface area contributed by atoms with Gasteiger partial charge in [0.2, 0.25) is 0 Å². The number of hydrogen-bond acceptors (Lipinski definition) is 15. The number of aliphatic hydroxyl groups is 1. The molecular weight excluding hydrogens is 1310 g/mol. The average Bonchev–Trinajstić information content (AvgIpc) is 0.935. The maximum atomic E-state index is 13.1. The number of allylic oxidation sites excluding steroid dienone is 27. The van der Waals surface area contributed by atoms with Crippen molar-refractivity contribution in [2.45, 2.75) is 277 Å². The van der Waals surface area contributed by atoms with Gasteiger partial charge >= 0.3 is 39.5 Å². The van der Waals surface area contributed by atoms with Crippen molar-refractivity contribution in [3.8, 4) is 0 Å². The second-order valence-electron chi connectivity index (χ2n) is 24.1. The summed E-state index contributed by atoms with van der Waals surface area (Å²) < 4.78 is 68.2. The maximum Gasteiger partial charge on any atom is 0.472 e. The van der Waals surface area contributed by atoms with Gasteiger partial charge in [0.05, 0.1) is 32.8 Å². The predicted molar refractivity (Wildman–Crippen MR) is 408 cm³/mol. The van der Waals surface area contributed by atoms with Gasteiger partial charge in [-0.2, -0.15) is 0 Å². The van der Waals surface area contributed by atoms with Crippen LogP contribution in [0.1, 0.15) is 259 Å². The third-order valence-electron chi connectivity index (χ3n) is 14.6. The van der Waals surface area contributed by atoms with Crippen molar-refractivity contribution in [2.75, 3.05) is 39.6 Å². The Balaban J connectivity index is 5.46. The number of ether oxygens (including phenoxy) is 4. The first kappa shape index (κ1) is 94.4. The lowest BCUT2D eigenvalue weighted by molar-refractivity contribution is -0.161. The Morgan fingerprint density at radius 2 is 0.560 bits per heavy atom. The van der Waals surface area contributed by atoms with Crippen LogP contribution in [0, 0.1) is 0 Å². The van der Waals surface area contributed by atoms with Crippen LogP contribution in [0.4, 0.5) is 0 Å². The highest BCUT2D eigenvalue weighted by atomic mass is 31.2. The second-order valence-corrected chi connectivity index (χ2v) is 27.0. The minimum Gasteiger partial charge on any atom is -0.462 e. The molecule has 0 heterocycles. The Kier molecular flexibility index (Phi) is 67.8. The van der Waals surface area contributed by atoms with E-state index in [9.17, 15) is 43.2 Å². The highest BCUT2D eigenvalue weighted by Gasteiger charge is 2.30. The molecule has 0 aromatic carbocycles. The van der Waals surface area contributed by atoms with Gasteiger partial charge in [-0.1, -0.05) is 256 Å². The molecule has 0 aromatic heterocycles. The van der Waals surface area contributed by atoms with Crippen molar-refractivity contribution in [3.05, 3.63) is 170 Å². The zero-order valence-electron chi connectivity index (χ0n) is 61.5. The average molecular weight is 1440 g/mol. The SMILES string of the molecule is CC/C=C\C/C=C\C/C=C\C/C=C\C/C=C\CCCCCC(=O)OCC(COP(=O)(O)OCC(O)COP(=O)(O)OCC(COC(=O)C/C=C\C/C=C\C/C=C\C/C=C\C/C=C\CC)OC(=O)CCCCCCC/C=C\C/C=C\CCC)OC(=O)CCCCCCC/C=C\C/C=C\CCC. The van der Waals surface area contributed by atoms with Crippen molar-refractivity contribution in [3.63, 3.8) is 0 Å². The monoisotopic (exact) mass is 1440 g/mol. The van der Waals surface area contributed by atoms with Gasteiger partial charge in [0.25, 0.3) is 0 Å². The van der Waals surface area contributed by atoms with E-state index in [0.717, 1.165) is 180 Å². The predicted octanol–water partition coefficient (Wildman–Crippen LogP) is 21.4. The summed E-state index contributed by atoms with van der Waals surface area (Å²) in [6, 6.07) is 0. The Morgan fingerprint density at radius 3 is 0.900 bits per heavy atom. The number of esters is 4. The molecule has 0 aliphatic carbocycles. The van der Waals surface area contributed by atoms with Gasteiger partial charge < -0.3 is 33.8 Å². The van der Waals surface area contributed by atoms with Crippen molar-refractivity contribution >= 4 is 39.5 Å². The molecule has 0 bridgehead atoms. The van der Waals surface area contributed by atoms with E-state index in [1.54, 1.807) is 6.08 Å². The number of carbonyl (C=O) groups is 4. The van der Waals surface area contributed by atoms with Gasteiger partial charge in [0.15, 0.2) is 12.2 Å². The molecule has 3 N–H and O–H groups in total. The van der Waals surface area contributed by atoms with Gasteiger partial charge in [-0.05, 0) is 148 Å². The first-order valence-electron chi connectivity index (χ1n) is 37.4. The molecule has 0 spiro atoms. The van der Waals surface area contributed by atoms with Crippen molar-refractivity contribution < 1.29 is 80.2 Å². The highest BCUT2D eigenvalue weighted by molar-refractivity contribution is 7.47. The Hall–Kier alpha value is -5.58. The molecule has 566 valence electrons. The summed E-state index contributed by atoms with van der Waals surface area (Å²) in [4.78, 5) is 72.7. The van der Waals surface area contributed by atoms with Gasteiger partial charge in [-0.15, -0.1) is 0 Å². The number of hydrogen-bond donors (Lipinski definition) is 3. The van der Waals surface area contributed by atoms with Gasteiger partial charge in [0, 0.05) is 19.3 Å². The summed E-state index contributed by atoms with van der Waals surface area (Å²) in [5, 5.41) is 10.6. The van der Waals surface area contributed by atoms with Crippen LogP contribution in [0.2, 0.25) is 0 Å². The molecule has 19 heteroatoms. The summed E-state index contributed by atoms with van der Waals surface area (Å²) in [5.41, 5.74) is 0. The van der Waals surface area contributed by atoms with Crippen LogP contribution in [-0.4, -0.2) is 96.7 Å². The first-order chi connectivity index (χ1) is 48.7. The van der Waals surface area contributed by atoms with E-state index in [1.807, 2.05) is 18.2 Å². The molecule has 5 atom stereocenters. The Morgan fingerprint density at radius 1 is 0.300 bits per heavy atom. The standard InChI is InChI=1S/C81H130O17P2/c1-5-9-13-17-21-25-29-33-35-36-37-38-40-44-46-50-54-58-62-66-79(84)92-72-77(98-81(86)68-64-60-56-52-48-42-32-28-24-20-16-12-8-4)74-96-100(89,90)94-70-75(82)69-93-99(87,88)95-73-76(97-80(85)67-63-59-55-51-47-41-31-27-23-19-15-11-7-3)71-91-78(83)65-61-57-53-49-45-43-39-34-30-26-22-18-14-10-6-2/h9-10,13-16,19-22,25-28,31-35,37-39,44-46,49,57,61,75-77,82H,5-8,11-12,17-18,23-24,29-30,36,40-43,47-48,50-56,58-60,62-74H2,1-4H3,(H,87,88)(H,89,90)/b13-9-,14-10-,19-15-,20-16-,25-21-,26-22-,31-27-,32-28-,35-33-,38-37-,39-34-,46-44-,49-45-,61-57-. The van der Waals surface area contributed by atoms with Crippen LogP contribution in [-0.2, 0) is 65.4 Å². The van der Waals surface area contributed by atoms with E-state index in [4.69, 9.17) is 37.0 Å². The Bertz CT molecular complexity index is 2570. The zero-order valence-corrected chi connectivity index (χ0v) is 63.3. The highest BCUT2D eigenvalue weighted by Crippen LogP contribution is 2.45. The molecule has 0 aromatic rings. The normalized spacial score (nSPS) is 14.9. The van der Waals surface area contributed by atoms with Crippen molar-refractivity contribution in [2.24, 2.45) is 0 Å². The second kappa shape index (κ2) is 71.8. The minimum absolute atomic E-state index is 0.0525. The number of unbranched alkanes of at least 4 members (excludes halogenated alkanes) is 15. The summed E-state index contributed by atoms with van der Waals surface area (Å²) >= 11 is 0.